The third-order valence-corrected chi connectivity index (χ3v) is 2.84. The number of ether oxygens (including phenoxy) is 2. The van der Waals surface area contributed by atoms with Gasteiger partial charge >= 0.3 is 17.7 Å². The van der Waals surface area contributed by atoms with Crippen molar-refractivity contribution in [3.05, 3.63) is 23.8 Å². The molecule has 1 heterocycles. The lowest BCUT2D eigenvalue weighted by Crippen LogP contribution is -2.56. The van der Waals surface area contributed by atoms with Crippen molar-refractivity contribution in [3.63, 3.8) is 0 Å². The van der Waals surface area contributed by atoms with E-state index in [9.17, 15) is 19.8 Å². The summed E-state index contributed by atoms with van der Waals surface area (Å²) >= 11 is 0. The van der Waals surface area contributed by atoms with Crippen LogP contribution in [0.4, 0.5) is 0 Å². The van der Waals surface area contributed by atoms with Crippen molar-refractivity contribution in [2.75, 3.05) is 0 Å². The fourth-order valence-electron chi connectivity index (χ4n) is 1.79. The highest BCUT2D eigenvalue weighted by Gasteiger charge is 2.55. The number of rotatable bonds is 4. The molecule has 0 radical (unpaired) electrons. The van der Waals surface area contributed by atoms with Crippen molar-refractivity contribution in [1.29, 1.82) is 0 Å². The van der Waals surface area contributed by atoms with E-state index >= 15 is 0 Å². The molecule has 19 heavy (non-hydrogen) atoms. The summed E-state index contributed by atoms with van der Waals surface area (Å²) in [6.45, 7) is 1.58. The molecule has 102 valence electrons. The van der Waals surface area contributed by atoms with Gasteiger partial charge in [-0.3, -0.25) is 0 Å². The Kier molecular flexibility index (Phi) is 3.07. The largest absolute Gasteiger partial charge is 0.478 e. The SMILES string of the molecule is CCC(O)C1(C(=O)O)Oc2ccc(C(=O)O)cc2O1. The summed E-state index contributed by atoms with van der Waals surface area (Å²) in [7, 11) is 0. The molecule has 0 saturated heterocycles. The minimum absolute atomic E-state index is 0.0187. The van der Waals surface area contributed by atoms with E-state index in [1.54, 1.807) is 6.92 Å². The second kappa shape index (κ2) is 4.43. The van der Waals surface area contributed by atoms with Crippen LogP contribution in [-0.4, -0.2) is 39.1 Å². The van der Waals surface area contributed by atoms with E-state index in [4.69, 9.17) is 14.6 Å². The molecule has 2 unspecified atom stereocenters. The molecule has 0 bridgehead atoms. The molecule has 0 saturated carbocycles. The Morgan fingerprint density at radius 2 is 1.89 bits per heavy atom. The predicted octanol–water partition coefficient (Wildman–Crippen LogP) is 0.708. The first-order valence-corrected chi connectivity index (χ1v) is 5.57. The molecule has 0 amide bonds. The summed E-state index contributed by atoms with van der Waals surface area (Å²) in [5.41, 5.74) is -0.0606. The Labute approximate surface area is 108 Å². The molecule has 1 aliphatic rings. The molecule has 1 aliphatic heterocycles. The number of aromatic carboxylic acids is 1. The number of aliphatic carboxylic acids is 1. The number of benzene rings is 1. The van der Waals surface area contributed by atoms with Gasteiger partial charge in [-0.15, -0.1) is 0 Å². The molecule has 7 heteroatoms. The maximum atomic E-state index is 11.3. The normalized spacial score (nSPS) is 22.0. The van der Waals surface area contributed by atoms with Crippen LogP contribution in [-0.2, 0) is 4.79 Å². The Morgan fingerprint density at radius 3 is 2.42 bits per heavy atom. The molecule has 7 nitrogen and oxygen atoms in total. The van der Waals surface area contributed by atoms with Crippen LogP contribution < -0.4 is 9.47 Å². The van der Waals surface area contributed by atoms with Crippen LogP contribution in [0, 0.1) is 0 Å². The van der Waals surface area contributed by atoms with Crippen LogP contribution >= 0.6 is 0 Å². The van der Waals surface area contributed by atoms with Crippen LogP contribution in [0.5, 0.6) is 11.5 Å². The molecular weight excluding hydrogens is 256 g/mol. The van der Waals surface area contributed by atoms with Gasteiger partial charge in [0.15, 0.2) is 11.5 Å². The van der Waals surface area contributed by atoms with Gasteiger partial charge in [0, 0.05) is 0 Å². The average Bonchev–Trinajstić information content (AvgIpc) is 2.77. The Hall–Kier alpha value is -2.28. The third-order valence-electron chi connectivity index (χ3n) is 2.84. The summed E-state index contributed by atoms with van der Waals surface area (Å²) in [4.78, 5) is 22.1. The first-order valence-electron chi connectivity index (χ1n) is 5.57. The number of carbonyl (C=O) groups is 2. The topological polar surface area (TPSA) is 113 Å². The van der Waals surface area contributed by atoms with E-state index in [1.807, 2.05) is 0 Å². The standard InChI is InChI=1S/C12H12O7/c1-2-9(13)12(11(16)17)18-7-4-3-6(10(14)15)5-8(7)19-12/h3-5,9,13H,2H2,1H3,(H,14,15)(H,16,17). The average molecular weight is 268 g/mol. The van der Waals surface area contributed by atoms with Gasteiger partial charge in [-0.25, -0.2) is 9.59 Å². The van der Waals surface area contributed by atoms with Gasteiger partial charge in [0.2, 0.25) is 0 Å². The van der Waals surface area contributed by atoms with Gasteiger partial charge < -0.3 is 24.8 Å². The molecule has 2 atom stereocenters. The van der Waals surface area contributed by atoms with Crippen LogP contribution in [0.1, 0.15) is 23.7 Å². The van der Waals surface area contributed by atoms with Crippen molar-refractivity contribution in [3.8, 4) is 11.5 Å². The number of carboxylic acids is 2. The molecular formula is C12H12O7. The lowest BCUT2D eigenvalue weighted by Gasteiger charge is -2.26. The minimum Gasteiger partial charge on any atom is -0.478 e. The van der Waals surface area contributed by atoms with Crippen molar-refractivity contribution in [2.45, 2.75) is 25.2 Å². The van der Waals surface area contributed by atoms with Gasteiger partial charge in [0.25, 0.3) is 0 Å². The summed E-state index contributed by atoms with van der Waals surface area (Å²) < 4.78 is 10.3. The third kappa shape index (κ3) is 1.97. The van der Waals surface area contributed by atoms with E-state index in [-0.39, 0.29) is 23.5 Å². The van der Waals surface area contributed by atoms with Gasteiger partial charge in [-0.1, -0.05) is 6.92 Å². The van der Waals surface area contributed by atoms with Gasteiger partial charge in [0.1, 0.15) is 6.10 Å². The van der Waals surface area contributed by atoms with Crippen LogP contribution in [0.3, 0.4) is 0 Å². The van der Waals surface area contributed by atoms with Crippen molar-refractivity contribution in [2.24, 2.45) is 0 Å². The molecule has 3 N–H and O–H groups in total. The quantitative estimate of drug-likeness (QED) is 0.736. The number of hydrogen-bond acceptors (Lipinski definition) is 5. The zero-order valence-electron chi connectivity index (χ0n) is 9.99. The number of aliphatic hydroxyl groups is 1. The number of aliphatic hydroxyl groups excluding tert-OH is 1. The van der Waals surface area contributed by atoms with E-state index in [1.165, 1.54) is 12.1 Å². The molecule has 1 aromatic rings. The highest BCUT2D eigenvalue weighted by atomic mass is 16.8. The molecule has 0 aromatic heterocycles. The molecule has 1 aromatic carbocycles. The number of carboxylic acid groups (broad SMARTS) is 2. The lowest BCUT2D eigenvalue weighted by molar-refractivity contribution is -0.201. The maximum absolute atomic E-state index is 11.3. The van der Waals surface area contributed by atoms with Crippen molar-refractivity contribution in [1.82, 2.24) is 0 Å². The van der Waals surface area contributed by atoms with E-state index in [2.05, 4.69) is 0 Å². The number of hydrogen-bond donors (Lipinski definition) is 3. The van der Waals surface area contributed by atoms with E-state index in [0.29, 0.717) is 0 Å². The monoisotopic (exact) mass is 268 g/mol. The van der Waals surface area contributed by atoms with Crippen LogP contribution in [0.15, 0.2) is 18.2 Å². The summed E-state index contributed by atoms with van der Waals surface area (Å²) in [5.74, 6) is -4.81. The zero-order valence-corrected chi connectivity index (χ0v) is 9.99. The molecule has 0 fully saturated rings. The fraction of sp³-hybridized carbons (Fsp3) is 0.333. The second-order valence-corrected chi connectivity index (χ2v) is 4.07. The lowest BCUT2D eigenvalue weighted by atomic mass is 10.1. The Morgan fingerprint density at radius 1 is 1.26 bits per heavy atom. The van der Waals surface area contributed by atoms with E-state index < -0.39 is 23.8 Å². The van der Waals surface area contributed by atoms with Crippen LogP contribution in [0.25, 0.3) is 0 Å². The second-order valence-electron chi connectivity index (χ2n) is 4.07. The first kappa shape index (κ1) is 13.2. The molecule has 0 aliphatic carbocycles. The van der Waals surface area contributed by atoms with Gasteiger partial charge in [0.05, 0.1) is 5.56 Å². The smallest absolute Gasteiger partial charge is 0.393 e. The Bertz CT molecular complexity index is 539. The zero-order chi connectivity index (χ0) is 14.2. The minimum atomic E-state index is -2.23. The highest BCUT2D eigenvalue weighted by Crippen LogP contribution is 2.42. The summed E-state index contributed by atoms with van der Waals surface area (Å²) in [6.07, 6.45) is -1.28. The summed E-state index contributed by atoms with van der Waals surface area (Å²) in [6, 6.07) is 3.72. The first-order chi connectivity index (χ1) is 8.90. The molecule has 0 spiro atoms. The van der Waals surface area contributed by atoms with E-state index in [0.717, 1.165) is 6.07 Å². The molecule has 2 rings (SSSR count). The van der Waals surface area contributed by atoms with Crippen LogP contribution in [0.2, 0.25) is 0 Å². The summed E-state index contributed by atoms with van der Waals surface area (Å²) in [5, 5.41) is 27.8. The van der Waals surface area contributed by atoms with Gasteiger partial charge in [-0.05, 0) is 24.6 Å². The predicted molar refractivity (Wildman–Crippen MR) is 61.3 cm³/mol. The highest BCUT2D eigenvalue weighted by molar-refractivity contribution is 5.89. The maximum Gasteiger partial charge on any atom is 0.393 e. The van der Waals surface area contributed by atoms with Gasteiger partial charge in [-0.2, -0.15) is 0 Å². The van der Waals surface area contributed by atoms with Crippen molar-refractivity contribution >= 4 is 11.9 Å². The Balaban J connectivity index is 2.41. The van der Waals surface area contributed by atoms with Crippen molar-refractivity contribution < 1.29 is 34.4 Å². The fourth-order valence-corrected chi connectivity index (χ4v) is 1.79. The number of fused-ring (bicyclic) bond motifs is 1.